The Morgan fingerprint density at radius 1 is 1.14 bits per heavy atom. The molecule has 0 aliphatic carbocycles. The van der Waals surface area contributed by atoms with Gasteiger partial charge < -0.3 is 10.1 Å². The van der Waals surface area contributed by atoms with Crippen molar-refractivity contribution in [3.63, 3.8) is 0 Å². The number of fused-ring (bicyclic) bond motifs is 1. The molecule has 2 aromatic heterocycles. The number of carbonyl (C=O) groups excluding carboxylic acids is 1. The molecule has 1 aromatic carbocycles. The van der Waals surface area contributed by atoms with Crippen LogP contribution >= 0.6 is 0 Å². The molecule has 146 valence electrons. The van der Waals surface area contributed by atoms with E-state index in [2.05, 4.69) is 10.3 Å². The summed E-state index contributed by atoms with van der Waals surface area (Å²) in [5.74, 6) is -0.433. The molecule has 0 atom stereocenters. The number of nitrogens with one attached hydrogen (secondary N) is 1. The summed E-state index contributed by atoms with van der Waals surface area (Å²) in [5, 5.41) is 3.06. The third kappa shape index (κ3) is 3.86. The topological polar surface area (TPSA) is 95.2 Å². The van der Waals surface area contributed by atoms with Crippen LogP contribution in [0.1, 0.15) is 29.9 Å². The molecule has 0 fully saturated rings. The highest BCUT2D eigenvalue weighted by molar-refractivity contribution is 6.03. The third-order valence-corrected chi connectivity index (χ3v) is 4.30. The van der Waals surface area contributed by atoms with Crippen LogP contribution in [0.25, 0.3) is 11.0 Å². The van der Waals surface area contributed by atoms with Gasteiger partial charge in [-0.1, -0.05) is 12.1 Å². The monoisotopic (exact) mass is 382 g/mol. The number of ether oxygens (including phenoxy) is 1. The van der Waals surface area contributed by atoms with Crippen molar-refractivity contribution in [2.24, 2.45) is 14.1 Å². The van der Waals surface area contributed by atoms with Crippen molar-refractivity contribution in [2.45, 2.75) is 26.6 Å². The van der Waals surface area contributed by atoms with Gasteiger partial charge in [-0.2, -0.15) is 0 Å². The number of anilines is 1. The second-order valence-electron chi connectivity index (χ2n) is 6.79. The second kappa shape index (κ2) is 7.77. The average Bonchev–Trinajstić information content (AvgIpc) is 2.69. The molecule has 1 amide bonds. The van der Waals surface area contributed by atoms with E-state index in [4.69, 9.17) is 4.74 Å². The lowest BCUT2D eigenvalue weighted by molar-refractivity contribution is 0.0657. The Morgan fingerprint density at radius 2 is 1.89 bits per heavy atom. The van der Waals surface area contributed by atoms with Gasteiger partial charge in [-0.25, -0.2) is 9.78 Å². The fraction of sp³-hybridized carbons (Fsp3) is 0.300. The summed E-state index contributed by atoms with van der Waals surface area (Å²) in [5.41, 5.74) is 0.869. The van der Waals surface area contributed by atoms with E-state index in [0.29, 0.717) is 12.3 Å². The molecule has 0 radical (unpaired) electrons. The van der Waals surface area contributed by atoms with E-state index in [1.165, 1.54) is 30.8 Å². The smallest absolute Gasteiger partial charge is 0.332 e. The first-order valence-corrected chi connectivity index (χ1v) is 8.86. The number of hydrogen-bond donors (Lipinski definition) is 1. The van der Waals surface area contributed by atoms with Gasteiger partial charge in [0.25, 0.3) is 11.5 Å². The van der Waals surface area contributed by atoms with Crippen molar-refractivity contribution in [1.82, 2.24) is 14.1 Å². The summed E-state index contributed by atoms with van der Waals surface area (Å²) in [6.07, 6.45) is 0.111. The number of aryl methyl sites for hydroxylation is 1. The number of hydrogen-bond acceptors (Lipinski definition) is 5. The lowest BCUT2D eigenvalue weighted by Gasteiger charge is -2.11. The molecule has 0 bridgehead atoms. The molecule has 0 unspecified atom stereocenters. The zero-order valence-corrected chi connectivity index (χ0v) is 16.2. The third-order valence-electron chi connectivity index (χ3n) is 4.30. The number of carbonyl (C=O) groups is 1. The second-order valence-corrected chi connectivity index (χ2v) is 6.79. The van der Waals surface area contributed by atoms with Crippen LogP contribution in [0.5, 0.6) is 0 Å². The molecular weight excluding hydrogens is 360 g/mol. The van der Waals surface area contributed by atoms with Crippen molar-refractivity contribution in [3.8, 4) is 0 Å². The molecule has 0 saturated heterocycles. The molecular formula is C20H22N4O4. The summed E-state index contributed by atoms with van der Waals surface area (Å²) in [6, 6.07) is 10.3. The maximum Gasteiger partial charge on any atom is 0.332 e. The fourth-order valence-corrected chi connectivity index (χ4v) is 2.78. The minimum Gasteiger partial charge on any atom is -0.374 e. The Morgan fingerprint density at radius 3 is 2.61 bits per heavy atom. The summed E-state index contributed by atoms with van der Waals surface area (Å²) >= 11 is 0. The summed E-state index contributed by atoms with van der Waals surface area (Å²) in [7, 11) is 2.91. The lowest BCUT2D eigenvalue weighted by atomic mass is 10.2. The largest absolute Gasteiger partial charge is 0.374 e. The number of amides is 1. The summed E-state index contributed by atoms with van der Waals surface area (Å²) < 4.78 is 7.83. The van der Waals surface area contributed by atoms with Crippen LogP contribution < -0.4 is 16.6 Å². The van der Waals surface area contributed by atoms with Gasteiger partial charge in [-0.3, -0.25) is 18.7 Å². The van der Waals surface area contributed by atoms with Gasteiger partial charge in [0.1, 0.15) is 11.3 Å². The summed E-state index contributed by atoms with van der Waals surface area (Å²) in [6.45, 7) is 4.36. The quantitative estimate of drug-likeness (QED) is 0.726. The van der Waals surface area contributed by atoms with E-state index >= 15 is 0 Å². The van der Waals surface area contributed by atoms with E-state index < -0.39 is 17.2 Å². The van der Waals surface area contributed by atoms with E-state index in [1.54, 1.807) is 6.07 Å². The maximum absolute atomic E-state index is 12.6. The Bertz CT molecular complexity index is 1160. The van der Waals surface area contributed by atoms with Gasteiger partial charge in [0, 0.05) is 19.8 Å². The summed E-state index contributed by atoms with van der Waals surface area (Å²) in [4.78, 5) is 41.1. The predicted octanol–water partition coefficient (Wildman–Crippen LogP) is 1.81. The van der Waals surface area contributed by atoms with E-state index in [1.807, 2.05) is 32.0 Å². The van der Waals surface area contributed by atoms with Gasteiger partial charge in [-0.15, -0.1) is 0 Å². The number of rotatable bonds is 5. The molecule has 1 N–H and O–H groups in total. The minimum absolute atomic E-state index is 0.111. The Kier molecular flexibility index (Phi) is 5.41. The van der Waals surface area contributed by atoms with Crippen molar-refractivity contribution in [2.75, 3.05) is 5.32 Å². The first-order valence-electron chi connectivity index (χ1n) is 8.86. The highest BCUT2D eigenvalue weighted by atomic mass is 16.5. The van der Waals surface area contributed by atoms with Crippen molar-refractivity contribution < 1.29 is 9.53 Å². The number of nitrogens with zero attached hydrogens (tertiary/aromatic N) is 3. The van der Waals surface area contributed by atoms with Crippen molar-refractivity contribution in [3.05, 3.63) is 68.5 Å². The average molecular weight is 382 g/mol. The van der Waals surface area contributed by atoms with Crippen LogP contribution in [-0.4, -0.2) is 26.1 Å². The number of pyridine rings is 1. The minimum atomic E-state index is -0.500. The normalized spacial score (nSPS) is 11.2. The van der Waals surface area contributed by atoms with Crippen molar-refractivity contribution >= 4 is 22.6 Å². The first kappa shape index (κ1) is 19.5. The molecule has 0 aliphatic heterocycles. The zero-order valence-electron chi connectivity index (χ0n) is 16.2. The van der Waals surface area contributed by atoms with E-state index in [9.17, 15) is 14.4 Å². The molecule has 3 aromatic rings. The van der Waals surface area contributed by atoms with Gasteiger partial charge >= 0.3 is 5.69 Å². The van der Waals surface area contributed by atoms with E-state index in [-0.39, 0.29) is 22.8 Å². The van der Waals surface area contributed by atoms with Crippen LogP contribution in [0, 0.1) is 0 Å². The first-order chi connectivity index (χ1) is 13.3. The van der Waals surface area contributed by atoms with Crippen LogP contribution in [-0.2, 0) is 25.4 Å². The Balaban J connectivity index is 1.89. The van der Waals surface area contributed by atoms with Crippen LogP contribution in [0.15, 0.2) is 46.0 Å². The predicted molar refractivity (Wildman–Crippen MR) is 107 cm³/mol. The van der Waals surface area contributed by atoms with Crippen LogP contribution in [0.2, 0.25) is 0 Å². The fourth-order valence-electron chi connectivity index (χ4n) is 2.78. The van der Waals surface area contributed by atoms with Gasteiger partial charge in [0.2, 0.25) is 0 Å². The molecule has 0 aliphatic rings. The maximum atomic E-state index is 12.6. The highest BCUT2D eigenvalue weighted by Gasteiger charge is 2.14. The molecule has 3 rings (SSSR count). The lowest BCUT2D eigenvalue weighted by Crippen LogP contribution is -2.37. The standard InChI is InChI=1S/C20H22N4O4/c1-12(2)28-11-13-6-5-7-14(10-13)21-18(25)16-9-8-15-17(22-16)23(3)20(27)24(4)19(15)26/h5-10,12H,11H2,1-4H3,(H,21,25). The molecule has 28 heavy (non-hydrogen) atoms. The molecule has 0 saturated carbocycles. The van der Waals surface area contributed by atoms with E-state index in [0.717, 1.165) is 10.1 Å². The van der Waals surface area contributed by atoms with Gasteiger partial charge in [0.05, 0.1) is 18.1 Å². The number of aromatic nitrogens is 3. The zero-order chi connectivity index (χ0) is 20.4. The molecule has 8 heteroatoms. The van der Waals surface area contributed by atoms with Crippen LogP contribution in [0.3, 0.4) is 0 Å². The van der Waals surface area contributed by atoms with Crippen molar-refractivity contribution in [1.29, 1.82) is 0 Å². The number of benzene rings is 1. The Hall–Kier alpha value is -3.26. The SMILES string of the molecule is CC(C)OCc1cccc(NC(=O)c2ccc3c(=O)n(C)c(=O)n(C)c3n2)c1. The molecule has 0 spiro atoms. The van der Waals surface area contributed by atoms with Gasteiger partial charge in [0.15, 0.2) is 0 Å². The van der Waals surface area contributed by atoms with Crippen LogP contribution in [0.4, 0.5) is 5.69 Å². The van der Waals surface area contributed by atoms with Gasteiger partial charge in [-0.05, 0) is 43.7 Å². The molecule has 8 nitrogen and oxygen atoms in total. The Labute approximate surface area is 161 Å². The highest BCUT2D eigenvalue weighted by Crippen LogP contribution is 2.14. The molecule has 2 heterocycles.